The van der Waals surface area contributed by atoms with Gasteiger partial charge in [-0.25, -0.2) is 4.90 Å². The fraction of sp³-hybridized carbons (Fsp3) is 0.103. The maximum Gasteiger partial charge on any atom is 0.266 e. The number of aliphatic hydroxyl groups is 1. The van der Waals surface area contributed by atoms with Gasteiger partial charge in [-0.1, -0.05) is 90.0 Å². The number of anilines is 1. The van der Waals surface area contributed by atoms with Crippen molar-refractivity contribution >= 4 is 17.5 Å². The lowest BCUT2D eigenvalue weighted by Gasteiger charge is -2.33. The van der Waals surface area contributed by atoms with Gasteiger partial charge in [0.15, 0.2) is 0 Å². The van der Waals surface area contributed by atoms with Crippen LogP contribution in [0.1, 0.15) is 48.5 Å². The Labute approximate surface area is 192 Å². The van der Waals surface area contributed by atoms with Crippen LogP contribution in [0.4, 0.5) is 5.69 Å². The van der Waals surface area contributed by atoms with Crippen LogP contribution >= 0.6 is 0 Å². The summed E-state index contributed by atoms with van der Waals surface area (Å²) in [6, 6.07) is 29.2. The fourth-order valence-electron chi connectivity index (χ4n) is 4.45. The molecule has 0 saturated carbocycles. The van der Waals surface area contributed by atoms with E-state index in [4.69, 9.17) is 0 Å². The summed E-state index contributed by atoms with van der Waals surface area (Å²) in [5.74, 6) is -0.781. The largest absolute Gasteiger partial charge is 0.376 e. The van der Waals surface area contributed by atoms with Crippen molar-refractivity contribution in [3.8, 4) is 0 Å². The van der Waals surface area contributed by atoms with Crippen LogP contribution in [0.15, 0.2) is 97.1 Å². The number of aryl methyl sites for hydroxylation is 2. The van der Waals surface area contributed by atoms with E-state index in [0.717, 1.165) is 11.1 Å². The van der Waals surface area contributed by atoms with E-state index >= 15 is 0 Å². The van der Waals surface area contributed by atoms with Gasteiger partial charge in [-0.05, 0) is 43.2 Å². The molecule has 4 nitrogen and oxygen atoms in total. The highest BCUT2D eigenvalue weighted by Gasteiger charge is 2.42. The predicted octanol–water partition coefficient (Wildman–Crippen LogP) is 5.39. The van der Waals surface area contributed by atoms with Gasteiger partial charge in [0, 0.05) is 5.56 Å². The maximum atomic E-state index is 13.3. The first-order valence-corrected chi connectivity index (χ1v) is 10.9. The Balaban J connectivity index is 1.75. The summed E-state index contributed by atoms with van der Waals surface area (Å²) in [4.78, 5) is 27.7. The normalized spacial score (nSPS) is 13.4. The third-order valence-corrected chi connectivity index (χ3v) is 6.27. The number of nitrogens with zero attached hydrogens (tertiary/aromatic N) is 1. The molecule has 1 heterocycles. The van der Waals surface area contributed by atoms with E-state index in [1.54, 1.807) is 42.5 Å². The summed E-state index contributed by atoms with van der Waals surface area (Å²) in [6.07, 6.45) is 0. The fourth-order valence-corrected chi connectivity index (χ4v) is 4.45. The van der Waals surface area contributed by atoms with E-state index in [1.807, 2.05) is 68.4 Å². The molecule has 0 radical (unpaired) electrons. The first-order chi connectivity index (χ1) is 15.9. The van der Waals surface area contributed by atoms with Gasteiger partial charge in [0.2, 0.25) is 0 Å². The van der Waals surface area contributed by atoms with Crippen LogP contribution in [0.25, 0.3) is 0 Å². The molecule has 0 unspecified atom stereocenters. The van der Waals surface area contributed by atoms with Crippen molar-refractivity contribution in [1.29, 1.82) is 0 Å². The Kier molecular flexibility index (Phi) is 4.95. The molecule has 162 valence electrons. The first kappa shape index (κ1) is 20.9. The Bertz CT molecular complexity index is 1290. The number of para-hydroxylation sites is 1. The second-order valence-electron chi connectivity index (χ2n) is 8.45. The first-order valence-electron chi connectivity index (χ1n) is 10.9. The molecule has 1 aliphatic rings. The van der Waals surface area contributed by atoms with Gasteiger partial charge in [-0.3, -0.25) is 9.59 Å². The minimum atomic E-state index is -1.58. The topological polar surface area (TPSA) is 57.6 Å². The number of carbonyl (C=O) groups is 2. The van der Waals surface area contributed by atoms with Gasteiger partial charge >= 0.3 is 0 Å². The number of rotatable bonds is 4. The number of benzene rings is 4. The number of hydrogen-bond donors (Lipinski definition) is 1. The number of imide groups is 1. The maximum absolute atomic E-state index is 13.3. The lowest BCUT2D eigenvalue weighted by Crippen LogP contribution is -2.35. The Morgan fingerprint density at radius 1 is 0.606 bits per heavy atom. The van der Waals surface area contributed by atoms with E-state index in [0.29, 0.717) is 33.5 Å². The minimum absolute atomic E-state index is 0.367. The van der Waals surface area contributed by atoms with Crippen molar-refractivity contribution in [2.75, 3.05) is 4.90 Å². The van der Waals surface area contributed by atoms with E-state index in [9.17, 15) is 14.7 Å². The number of fused-ring (bicyclic) bond motifs is 1. The second-order valence-corrected chi connectivity index (χ2v) is 8.45. The van der Waals surface area contributed by atoms with Crippen molar-refractivity contribution in [1.82, 2.24) is 0 Å². The molecule has 4 aromatic carbocycles. The van der Waals surface area contributed by atoms with Gasteiger partial charge in [-0.2, -0.15) is 0 Å². The molecule has 0 spiro atoms. The van der Waals surface area contributed by atoms with Crippen molar-refractivity contribution < 1.29 is 14.7 Å². The van der Waals surface area contributed by atoms with Crippen molar-refractivity contribution in [2.45, 2.75) is 19.4 Å². The summed E-state index contributed by atoms with van der Waals surface area (Å²) < 4.78 is 0. The molecule has 0 aromatic heterocycles. The highest BCUT2D eigenvalue weighted by atomic mass is 16.3. The van der Waals surface area contributed by atoms with Crippen LogP contribution in [-0.4, -0.2) is 16.9 Å². The molecule has 0 saturated heterocycles. The van der Waals surface area contributed by atoms with Gasteiger partial charge < -0.3 is 5.11 Å². The molecule has 0 bridgehead atoms. The predicted molar refractivity (Wildman–Crippen MR) is 128 cm³/mol. The zero-order chi connectivity index (χ0) is 23.2. The molecule has 1 aliphatic heterocycles. The van der Waals surface area contributed by atoms with Gasteiger partial charge in [-0.15, -0.1) is 0 Å². The Morgan fingerprint density at radius 2 is 1.03 bits per heavy atom. The van der Waals surface area contributed by atoms with Gasteiger partial charge in [0.05, 0.1) is 16.8 Å². The van der Waals surface area contributed by atoms with Crippen LogP contribution in [-0.2, 0) is 5.60 Å². The molecule has 0 aliphatic carbocycles. The van der Waals surface area contributed by atoms with Gasteiger partial charge in [0.1, 0.15) is 5.60 Å². The average molecular weight is 434 g/mol. The van der Waals surface area contributed by atoms with E-state index in [2.05, 4.69) is 0 Å². The van der Waals surface area contributed by atoms with Crippen molar-refractivity contribution in [3.63, 3.8) is 0 Å². The lowest BCUT2D eigenvalue weighted by atomic mass is 9.79. The SMILES string of the molecule is Cc1ccc(C(O)(c2ccc(C)cc2)c2ccccc2N2C(=O)c3ccccc3C2=O)cc1. The van der Waals surface area contributed by atoms with Crippen LogP contribution in [0.3, 0.4) is 0 Å². The van der Waals surface area contributed by atoms with Crippen LogP contribution in [0.2, 0.25) is 0 Å². The second kappa shape index (κ2) is 7.84. The van der Waals surface area contributed by atoms with Crippen LogP contribution in [0, 0.1) is 13.8 Å². The smallest absolute Gasteiger partial charge is 0.266 e. The zero-order valence-electron chi connectivity index (χ0n) is 18.4. The number of amides is 2. The summed E-state index contributed by atoms with van der Waals surface area (Å²) in [7, 11) is 0. The van der Waals surface area contributed by atoms with Crippen molar-refractivity contribution in [2.24, 2.45) is 0 Å². The number of carbonyl (C=O) groups excluding carboxylic acids is 2. The summed E-state index contributed by atoms with van der Waals surface area (Å²) in [6.45, 7) is 3.98. The van der Waals surface area contributed by atoms with Crippen molar-refractivity contribution in [3.05, 3.63) is 136 Å². The molecule has 0 atom stereocenters. The van der Waals surface area contributed by atoms with E-state index in [1.165, 1.54) is 4.90 Å². The van der Waals surface area contributed by atoms with Crippen LogP contribution in [0.5, 0.6) is 0 Å². The molecule has 5 rings (SSSR count). The lowest BCUT2D eigenvalue weighted by molar-refractivity contribution is 0.0923. The summed E-state index contributed by atoms with van der Waals surface area (Å²) in [5.41, 5.74) is 3.43. The molecular formula is C29H23NO3. The Morgan fingerprint density at radius 3 is 1.52 bits per heavy atom. The average Bonchev–Trinajstić information content (AvgIpc) is 3.09. The standard InChI is InChI=1S/C29H23NO3/c1-19-11-15-21(16-12-19)29(33,22-17-13-20(2)14-18-22)25-9-5-6-10-26(25)30-27(31)23-7-3-4-8-24(23)28(30)32/h3-18,33H,1-2H3. The van der Waals surface area contributed by atoms with Crippen LogP contribution < -0.4 is 4.90 Å². The molecule has 4 heteroatoms. The molecule has 4 aromatic rings. The zero-order valence-corrected chi connectivity index (χ0v) is 18.4. The third-order valence-electron chi connectivity index (χ3n) is 6.27. The highest BCUT2D eigenvalue weighted by molar-refractivity contribution is 6.34. The Hall–Kier alpha value is -4.02. The minimum Gasteiger partial charge on any atom is -0.376 e. The number of hydrogen-bond acceptors (Lipinski definition) is 3. The van der Waals surface area contributed by atoms with E-state index < -0.39 is 17.4 Å². The molecule has 1 N–H and O–H groups in total. The van der Waals surface area contributed by atoms with Gasteiger partial charge in [0.25, 0.3) is 11.8 Å². The molecule has 0 fully saturated rings. The monoisotopic (exact) mass is 433 g/mol. The van der Waals surface area contributed by atoms with E-state index in [-0.39, 0.29) is 0 Å². The highest BCUT2D eigenvalue weighted by Crippen LogP contribution is 2.43. The molecule has 33 heavy (non-hydrogen) atoms. The third kappa shape index (κ3) is 3.27. The quantitative estimate of drug-likeness (QED) is 0.347. The molecular weight excluding hydrogens is 410 g/mol. The summed E-state index contributed by atoms with van der Waals surface area (Å²) >= 11 is 0. The molecule has 2 amide bonds. The summed E-state index contributed by atoms with van der Waals surface area (Å²) in [5, 5.41) is 12.4.